The van der Waals surface area contributed by atoms with Crippen molar-refractivity contribution in [2.24, 2.45) is 7.05 Å². The Morgan fingerprint density at radius 1 is 1.50 bits per heavy atom. The first-order valence-electron chi connectivity index (χ1n) is 6.38. The topological polar surface area (TPSA) is 88.1 Å². The first-order valence-corrected chi connectivity index (χ1v) is 7.96. The lowest BCUT2D eigenvalue weighted by molar-refractivity contribution is -0.153. The number of carboxylic acids is 1. The third-order valence-corrected chi connectivity index (χ3v) is 4.84. The molecule has 6 nitrogen and oxygen atoms in total. The van der Waals surface area contributed by atoms with Gasteiger partial charge in [-0.1, -0.05) is 35.0 Å². The molecule has 0 spiro atoms. The molecule has 126 valence electrons. The number of hydrogen-bond donors (Lipinski definition) is 1. The molecular weight excluding hydrogens is 380 g/mol. The van der Waals surface area contributed by atoms with E-state index in [1.165, 1.54) is 16.8 Å². The molecule has 0 saturated heterocycles. The maximum Gasteiger partial charge on any atom is 0.378 e. The maximum absolute atomic E-state index is 13.3. The summed E-state index contributed by atoms with van der Waals surface area (Å²) in [4.78, 5) is 11.0. The highest BCUT2D eigenvalue weighted by Gasteiger charge is 2.21. The summed E-state index contributed by atoms with van der Waals surface area (Å²) in [6.45, 7) is 1.70. The Kier molecular flexibility index (Phi) is 5.59. The van der Waals surface area contributed by atoms with Crippen LogP contribution >= 0.6 is 35.0 Å². The Morgan fingerprint density at radius 2 is 2.17 bits per heavy atom. The van der Waals surface area contributed by atoms with Gasteiger partial charge in [0.1, 0.15) is 22.4 Å². The van der Waals surface area contributed by atoms with Crippen molar-refractivity contribution in [1.29, 1.82) is 5.26 Å². The predicted octanol–water partition coefficient (Wildman–Crippen LogP) is 3.82. The zero-order chi connectivity index (χ0) is 18.0. The van der Waals surface area contributed by atoms with E-state index in [1.807, 2.05) is 0 Å². The number of alkyl halides is 1. The van der Waals surface area contributed by atoms with Crippen molar-refractivity contribution in [1.82, 2.24) is 9.78 Å². The summed E-state index contributed by atoms with van der Waals surface area (Å²) in [7, 11) is 1.67. The Morgan fingerprint density at radius 3 is 2.75 bits per heavy atom. The molecule has 0 fully saturated rings. The molecule has 10 heteroatoms. The first kappa shape index (κ1) is 18.4. The van der Waals surface area contributed by atoms with Gasteiger partial charge in [0.25, 0.3) is 0 Å². The molecule has 0 amide bonds. The van der Waals surface area contributed by atoms with Gasteiger partial charge in [-0.15, -0.1) is 0 Å². The molecule has 24 heavy (non-hydrogen) atoms. The van der Waals surface area contributed by atoms with Crippen molar-refractivity contribution in [2.45, 2.75) is 23.2 Å². The van der Waals surface area contributed by atoms with Crippen LogP contribution in [0.15, 0.2) is 22.1 Å². The van der Waals surface area contributed by atoms with Gasteiger partial charge in [0, 0.05) is 11.9 Å². The van der Waals surface area contributed by atoms with E-state index in [4.69, 9.17) is 28.3 Å². The Labute approximate surface area is 150 Å². The van der Waals surface area contributed by atoms with Gasteiger partial charge in [0.2, 0.25) is 0 Å². The van der Waals surface area contributed by atoms with Crippen LogP contribution in [-0.2, 0) is 11.8 Å². The third kappa shape index (κ3) is 3.75. The third-order valence-electron chi connectivity index (χ3n) is 2.90. The minimum atomic E-state index is -2.56. The normalized spacial score (nSPS) is 11.8. The maximum atomic E-state index is 13.3. The largest absolute Gasteiger partial charge is 0.476 e. The highest BCUT2D eigenvalue weighted by atomic mass is 35.5. The van der Waals surface area contributed by atoms with E-state index in [1.54, 1.807) is 14.0 Å². The molecular formula is C14H10Cl2FN3O3S. The Hall–Kier alpha value is -1.95. The summed E-state index contributed by atoms with van der Waals surface area (Å²) in [5.74, 6) is -1.94. The highest BCUT2D eigenvalue weighted by molar-refractivity contribution is 7.99. The monoisotopic (exact) mass is 389 g/mol. The first-order chi connectivity index (χ1) is 11.2. The Balaban J connectivity index is 2.41. The second-order valence-electron chi connectivity index (χ2n) is 4.59. The molecule has 1 N–H and O–H groups in total. The van der Waals surface area contributed by atoms with Crippen LogP contribution < -0.4 is 4.74 Å². The van der Waals surface area contributed by atoms with E-state index in [0.29, 0.717) is 21.2 Å². The van der Waals surface area contributed by atoms with E-state index >= 15 is 0 Å². The molecule has 0 aliphatic heterocycles. The molecule has 0 aliphatic rings. The molecule has 1 aromatic carbocycles. The second-order valence-corrected chi connectivity index (χ2v) is 6.43. The lowest BCUT2D eigenvalue weighted by Crippen LogP contribution is -2.21. The second kappa shape index (κ2) is 7.30. The molecule has 0 aliphatic carbocycles. The number of aliphatic carboxylic acids is 1. The van der Waals surface area contributed by atoms with Crippen molar-refractivity contribution in [2.75, 3.05) is 0 Å². The van der Waals surface area contributed by atoms with Crippen LogP contribution in [-0.4, -0.2) is 27.2 Å². The van der Waals surface area contributed by atoms with Crippen molar-refractivity contribution < 1.29 is 19.0 Å². The lowest BCUT2D eigenvalue weighted by Gasteiger charge is -2.12. The number of aryl methyl sites for hydroxylation is 2. The molecule has 1 atom stereocenters. The average Bonchev–Trinajstić information content (AvgIpc) is 2.77. The molecule has 0 bridgehead atoms. The van der Waals surface area contributed by atoms with Crippen LogP contribution in [0.3, 0.4) is 0 Å². The smallest absolute Gasteiger partial charge is 0.378 e. The summed E-state index contributed by atoms with van der Waals surface area (Å²) in [6, 6.07) is 4.68. The van der Waals surface area contributed by atoms with Crippen LogP contribution in [0.4, 0.5) is 4.39 Å². The van der Waals surface area contributed by atoms with Gasteiger partial charge >= 0.3 is 12.3 Å². The van der Waals surface area contributed by atoms with Crippen LogP contribution in [0, 0.1) is 18.3 Å². The molecule has 2 rings (SSSR count). The van der Waals surface area contributed by atoms with Crippen molar-refractivity contribution in [3.63, 3.8) is 0 Å². The molecule has 2 aromatic rings. The number of nitriles is 1. The van der Waals surface area contributed by atoms with Crippen LogP contribution in [0.1, 0.15) is 11.3 Å². The fourth-order valence-electron chi connectivity index (χ4n) is 1.83. The van der Waals surface area contributed by atoms with Gasteiger partial charge in [-0.3, -0.25) is 4.68 Å². The summed E-state index contributed by atoms with van der Waals surface area (Å²) in [5, 5.41) is 22.7. The molecule has 1 aromatic heterocycles. The fraction of sp³-hybridized carbons (Fsp3) is 0.214. The minimum absolute atomic E-state index is 0.0325. The number of carbonyl (C=O) groups is 1. The predicted molar refractivity (Wildman–Crippen MR) is 86.4 cm³/mol. The molecule has 1 unspecified atom stereocenters. The summed E-state index contributed by atoms with van der Waals surface area (Å²) in [5.41, 5.74) is 0.934. The number of carboxylic acid groups (broad SMARTS) is 1. The molecule has 1 heterocycles. The fourth-order valence-corrected chi connectivity index (χ4v) is 3.37. The van der Waals surface area contributed by atoms with Gasteiger partial charge in [-0.05, 0) is 19.1 Å². The van der Waals surface area contributed by atoms with Crippen LogP contribution in [0.5, 0.6) is 5.75 Å². The van der Waals surface area contributed by atoms with Crippen molar-refractivity contribution >= 4 is 40.9 Å². The van der Waals surface area contributed by atoms with Crippen LogP contribution in [0.2, 0.25) is 10.0 Å². The minimum Gasteiger partial charge on any atom is -0.476 e. The van der Waals surface area contributed by atoms with Gasteiger partial charge in [0.15, 0.2) is 0 Å². The number of benzene rings is 1. The molecule has 0 saturated carbocycles. The van der Waals surface area contributed by atoms with Gasteiger partial charge in [0.05, 0.1) is 15.7 Å². The Bertz CT molecular complexity index is 851. The lowest BCUT2D eigenvalue weighted by atomic mass is 10.3. The number of aromatic nitrogens is 2. The quantitative estimate of drug-likeness (QED) is 0.835. The van der Waals surface area contributed by atoms with Gasteiger partial charge in [-0.2, -0.15) is 14.8 Å². The highest BCUT2D eigenvalue weighted by Crippen LogP contribution is 2.41. The van der Waals surface area contributed by atoms with Crippen molar-refractivity contribution in [3.05, 3.63) is 33.4 Å². The summed E-state index contributed by atoms with van der Waals surface area (Å²) >= 11 is 13.1. The standard InChI is InChI=1S/C14H10Cl2FN3O3S/c1-6-7(5-18)13(20(2)19-6)24-11-4-10(8(15)3-9(11)16)23-12(17)14(21)22/h3-4,12H,1-2H3,(H,21,22). The number of halogens is 3. The van der Waals surface area contributed by atoms with E-state index in [2.05, 4.69) is 15.9 Å². The summed E-state index contributed by atoms with van der Waals surface area (Å²) < 4.78 is 19.4. The van der Waals surface area contributed by atoms with E-state index in [9.17, 15) is 14.4 Å². The van der Waals surface area contributed by atoms with Crippen molar-refractivity contribution in [3.8, 4) is 11.8 Å². The number of ether oxygens (including phenoxy) is 1. The SMILES string of the molecule is Cc1nn(C)c(Sc2cc(OC(F)C(=O)O)c(Cl)cc2Cl)c1C#N. The molecule has 0 radical (unpaired) electrons. The number of hydrogen-bond acceptors (Lipinski definition) is 5. The van der Waals surface area contributed by atoms with Gasteiger partial charge in [-0.25, -0.2) is 4.79 Å². The average molecular weight is 390 g/mol. The zero-order valence-corrected chi connectivity index (χ0v) is 14.7. The van der Waals surface area contributed by atoms with Crippen LogP contribution in [0.25, 0.3) is 0 Å². The van der Waals surface area contributed by atoms with Gasteiger partial charge < -0.3 is 9.84 Å². The zero-order valence-electron chi connectivity index (χ0n) is 12.4. The summed E-state index contributed by atoms with van der Waals surface area (Å²) in [6.07, 6.45) is -2.56. The number of rotatable bonds is 5. The van der Waals surface area contributed by atoms with E-state index in [-0.39, 0.29) is 15.8 Å². The van der Waals surface area contributed by atoms with E-state index < -0.39 is 12.3 Å². The number of nitrogens with zero attached hydrogens (tertiary/aromatic N) is 3. The van der Waals surface area contributed by atoms with E-state index in [0.717, 1.165) is 11.8 Å².